The third kappa shape index (κ3) is 2.11. The molecule has 0 radical (unpaired) electrons. The average molecular weight is 303 g/mol. The second kappa shape index (κ2) is 5.51. The molecule has 0 spiro atoms. The zero-order valence-corrected chi connectivity index (χ0v) is 11.1. The highest BCUT2D eigenvalue weighted by molar-refractivity contribution is 5.85. The smallest absolute Gasteiger partial charge is 0.164 e. The van der Waals surface area contributed by atoms with Crippen molar-refractivity contribution in [3.05, 3.63) is 18.6 Å². The fourth-order valence-electron chi connectivity index (χ4n) is 2.29. The molecule has 1 aliphatic heterocycles. The number of nitrogens with two attached hydrogens (primary N) is 1. The number of aliphatic hydroxyl groups is 3. The fraction of sp³-hybridized carbons (Fsp3) is 0.455. The number of pyridine rings is 1. The minimum atomic E-state index is -1.15. The number of nitrogen functional groups attached to an aromatic ring is 1. The van der Waals surface area contributed by atoms with E-state index in [-0.39, 0.29) is 24.8 Å². The SMILES string of the molecule is Cl.Nc1nccc2c1ncn2[C@@H]1O[C@H](CO)[C@@H](O)[C@H]1O. The van der Waals surface area contributed by atoms with Crippen molar-refractivity contribution in [1.82, 2.24) is 14.5 Å². The Bertz CT molecular complexity index is 607. The molecular weight excluding hydrogens is 288 g/mol. The van der Waals surface area contributed by atoms with Crippen LogP contribution in [0.1, 0.15) is 6.23 Å². The van der Waals surface area contributed by atoms with E-state index in [1.165, 1.54) is 12.5 Å². The van der Waals surface area contributed by atoms with Gasteiger partial charge in [0.25, 0.3) is 0 Å². The molecule has 20 heavy (non-hydrogen) atoms. The van der Waals surface area contributed by atoms with Crippen LogP contribution in [-0.4, -0.2) is 54.8 Å². The predicted molar refractivity (Wildman–Crippen MR) is 72.2 cm³/mol. The van der Waals surface area contributed by atoms with E-state index in [0.717, 1.165) is 0 Å². The number of nitrogens with zero attached hydrogens (tertiary/aromatic N) is 3. The average Bonchev–Trinajstić information content (AvgIpc) is 2.94. The molecule has 3 heterocycles. The normalized spacial score (nSPS) is 29.6. The lowest BCUT2D eigenvalue weighted by atomic mass is 10.1. The highest BCUT2D eigenvalue weighted by atomic mass is 35.5. The van der Waals surface area contributed by atoms with Crippen molar-refractivity contribution in [3.63, 3.8) is 0 Å². The van der Waals surface area contributed by atoms with Gasteiger partial charge in [0, 0.05) is 6.20 Å². The van der Waals surface area contributed by atoms with Crippen molar-refractivity contribution in [2.24, 2.45) is 0 Å². The van der Waals surface area contributed by atoms with Crippen LogP contribution in [0.4, 0.5) is 5.82 Å². The molecular formula is C11H15ClN4O4. The maximum Gasteiger partial charge on any atom is 0.164 e. The van der Waals surface area contributed by atoms with Gasteiger partial charge in [-0.25, -0.2) is 9.97 Å². The molecule has 0 aliphatic carbocycles. The lowest BCUT2D eigenvalue weighted by molar-refractivity contribution is -0.0508. The lowest BCUT2D eigenvalue weighted by Crippen LogP contribution is -2.33. The number of hydrogen-bond acceptors (Lipinski definition) is 7. The van der Waals surface area contributed by atoms with Gasteiger partial charge in [-0.2, -0.15) is 0 Å². The van der Waals surface area contributed by atoms with Crippen molar-refractivity contribution < 1.29 is 20.1 Å². The standard InChI is InChI=1S/C11H14N4O4.ClH/c12-10-7-5(1-2-13-10)15(4-14-7)11-9(18)8(17)6(3-16)19-11;/h1-2,4,6,8-9,11,16-18H,3H2,(H2,12,13);1H/t6-,8-,9-,11-;/m1./s1. The summed E-state index contributed by atoms with van der Waals surface area (Å²) in [4.78, 5) is 8.03. The molecule has 2 aromatic rings. The van der Waals surface area contributed by atoms with Gasteiger partial charge in [-0.3, -0.25) is 0 Å². The number of halogens is 1. The van der Waals surface area contributed by atoms with Gasteiger partial charge in [0.15, 0.2) is 12.0 Å². The molecule has 1 fully saturated rings. The van der Waals surface area contributed by atoms with Crippen LogP contribution >= 0.6 is 12.4 Å². The van der Waals surface area contributed by atoms with Crippen LogP contribution in [0.5, 0.6) is 0 Å². The Morgan fingerprint density at radius 3 is 2.70 bits per heavy atom. The Kier molecular flexibility index (Phi) is 4.11. The number of anilines is 1. The number of fused-ring (bicyclic) bond motifs is 1. The Hall–Kier alpha value is -1.45. The number of ether oxygens (including phenoxy) is 1. The van der Waals surface area contributed by atoms with E-state index < -0.39 is 24.5 Å². The maximum absolute atomic E-state index is 9.98. The molecule has 110 valence electrons. The second-order valence-electron chi connectivity index (χ2n) is 4.44. The first-order valence-corrected chi connectivity index (χ1v) is 5.83. The van der Waals surface area contributed by atoms with Crippen LogP contribution in [0.2, 0.25) is 0 Å². The zero-order chi connectivity index (χ0) is 13.6. The fourth-order valence-corrected chi connectivity index (χ4v) is 2.29. The molecule has 0 amide bonds. The van der Waals surface area contributed by atoms with E-state index in [9.17, 15) is 10.2 Å². The molecule has 0 aromatic carbocycles. The summed E-state index contributed by atoms with van der Waals surface area (Å²) in [5.41, 5.74) is 6.85. The number of hydrogen-bond donors (Lipinski definition) is 4. The quantitative estimate of drug-likeness (QED) is 0.563. The van der Waals surface area contributed by atoms with Crippen molar-refractivity contribution in [2.45, 2.75) is 24.5 Å². The molecule has 1 saturated heterocycles. The number of aliphatic hydroxyl groups excluding tert-OH is 3. The van der Waals surface area contributed by atoms with Gasteiger partial charge in [0.05, 0.1) is 18.5 Å². The second-order valence-corrected chi connectivity index (χ2v) is 4.44. The van der Waals surface area contributed by atoms with Crippen molar-refractivity contribution in [2.75, 3.05) is 12.3 Å². The lowest BCUT2D eigenvalue weighted by Gasteiger charge is -2.16. The van der Waals surface area contributed by atoms with Crippen LogP contribution in [0.3, 0.4) is 0 Å². The molecule has 9 heteroatoms. The summed E-state index contributed by atoms with van der Waals surface area (Å²) >= 11 is 0. The Balaban J connectivity index is 0.00000147. The summed E-state index contributed by atoms with van der Waals surface area (Å²) in [5, 5.41) is 28.8. The van der Waals surface area contributed by atoms with Gasteiger partial charge >= 0.3 is 0 Å². The Morgan fingerprint density at radius 2 is 2.05 bits per heavy atom. The van der Waals surface area contributed by atoms with Gasteiger partial charge in [-0.15, -0.1) is 12.4 Å². The van der Waals surface area contributed by atoms with E-state index >= 15 is 0 Å². The third-order valence-electron chi connectivity index (χ3n) is 3.31. The minimum Gasteiger partial charge on any atom is -0.394 e. The van der Waals surface area contributed by atoms with Crippen molar-refractivity contribution in [1.29, 1.82) is 0 Å². The van der Waals surface area contributed by atoms with Crippen LogP contribution in [0, 0.1) is 0 Å². The molecule has 0 saturated carbocycles. The van der Waals surface area contributed by atoms with Crippen molar-refractivity contribution >= 4 is 29.3 Å². The number of aromatic nitrogens is 3. The Morgan fingerprint density at radius 1 is 1.30 bits per heavy atom. The summed E-state index contributed by atoms with van der Waals surface area (Å²) < 4.78 is 7.01. The largest absolute Gasteiger partial charge is 0.394 e. The monoisotopic (exact) mass is 302 g/mol. The molecule has 3 rings (SSSR count). The van der Waals surface area contributed by atoms with Crippen LogP contribution in [-0.2, 0) is 4.74 Å². The first-order valence-electron chi connectivity index (χ1n) is 5.83. The maximum atomic E-state index is 9.98. The van der Waals surface area contributed by atoms with Crippen LogP contribution in [0.25, 0.3) is 11.0 Å². The van der Waals surface area contributed by atoms with Crippen molar-refractivity contribution in [3.8, 4) is 0 Å². The Labute approximate surface area is 120 Å². The number of rotatable bonds is 2. The molecule has 0 bridgehead atoms. The first-order chi connectivity index (χ1) is 9.13. The van der Waals surface area contributed by atoms with E-state index in [4.69, 9.17) is 15.6 Å². The highest BCUT2D eigenvalue weighted by Crippen LogP contribution is 2.32. The number of imidazole rings is 1. The zero-order valence-electron chi connectivity index (χ0n) is 10.3. The van der Waals surface area contributed by atoms with E-state index in [0.29, 0.717) is 11.0 Å². The van der Waals surface area contributed by atoms with Gasteiger partial charge in [-0.1, -0.05) is 0 Å². The molecule has 0 unspecified atom stereocenters. The first kappa shape index (κ1) is 14.9. The van der Waals surface area contributed by atoms with Gasteiger partial charge in [0.1, 0.15) is 23.8 Å². The summed E-state index contributed by atoms with van der Waals surface area (Å²) in [6, 6.07) is 1.69. The van der Waals surface area contributed by atoms with Gasteiger partial charge in [-0.05, 0) is 6.07 Å². The predicted octanol–water partition coefficient (Wildman–Crippen LogP) is -0.953. The molecule has 4 atom stereocenters. The summed E-state index contributed by atoms with van der Waals surface area (Å²) in [6.07, 6.45) is -0.952. The molecule has 8 nitrogen and oxygen atoms in total. The summed E-state index contributed by atoms with van der Waals surface area (Å²) in [5.74, 6) is 0.281. The van der Waals surface area contributed by atoms with Crippen LogP contribution < -0.4 is 5.73 Å². The van der Waals surface area contributed by atoms with Gasteiger partial charge < -0.3 is 30.4 Å². The summed E-state index contributed by atoms with van der Waals surface area (Å²) in [7, 11) is 0. The summed E-state index contributed by atoms with van der Waals surface area (Å²) in [6.45, 7) is -0.370. The minimum absolute atomic E-state index is 0. The molecule has 5 N–H and O–H groups in total. The van der Waals surface area contributed by atoms with Gasteiger partial charge in [0.2, 0.25) is 0 Å². The highest BCUT2D eigenvalue weighted by Gasteiger charge is 2.43. The molecule has 1 aliphatic rings. The molecule has 2 aromatic heterocycles. The topological polar surface area (TPSA) is 127 Å². The van der Waals surface area contributed by atoms with E-state index in [1.54, 1.807) is 10.6 Å². The third-order valence-corrected chi connectivity index (χ3v) is 3.31. The van der Waals surface area contributed by atoms with Crippen LogP contribution in [0.15, 0.2) is 18.6 Å². The van der Waals surface area contributed by atoms with E-state index in [2.05, 4.69) is 9.97 Å². The van der Waals surface area contributed by atoms with E-state index in [1.807, 2.05) is 0 Å².